The lowest BCUT2D eigenvalue weighted by atomic mass is 9.88. The van der Waals surface area contributed by atoms with Crippen LogP contribution in [0.25, 0.3) is 0 Å². The monoisotopic (exact) mass is 507 g/mol. The third-order valence-corrected chi connectivity index (χ3v) is 7.84. The number of Topliss-reactive ketones (excluding diaryl/α,β-unsaturated/α-hetero) is 1. The van der Waals surface area contributed by atoms with Gasteiger partial charge >= 0.3 is 0 Å². The SMILES string of the molecule is CC1=CC(N=C(N)c2ccccc2O)/C(=C(\C)N2CCC(C)C2)C=C1.CCC(C)C(=O)C1(C)CCCO1. The van der Waals surface area contributed by atoms with Crippen molar-refractivity contribution in [2.45, 2.75) is 78.9 Å². The normalized spacial score (nSPS) is 27.9. The summed E-state index contributed by atoms with van der Waals surface area (Å²) in [6.07, 6.45) is 10.5. The molecule has 4 atom stereocenters. The average Bonchev–Trinajstić information content (AvgIpc) is 3.52. The largest absolute Gasteiger partial charge is 0.507 e. The van der Waals surface area contributed by atoms with E-state index in [2.05, 4.69) is 43.9 Å². The molecule has 3 aliphatic rings. The van der Waals surface area contributed by atoms with Crippen molar-refractivity contribution in [3.63, 3.8) is 0 Å². The highest BCUT2D eigenvalue weighted by molar-refractivity contribution is 6.00. The maximum atomic E-state index is 11.8. The molecule has 1 aliphatic carbocycles. The fourth-order valence-corrected chi connectivity index (χ4v) is 5.17. The summed E-state index contributed by atoms with van der Waals surface area (Å²) in [6.45, 7) is 15.4. The fourth-order valence-electron chi connectivity index (χ4n) is 5.17. The second-order valence-corrected chi connectivity index (χ2v) is 11.0. The molecule has 6 nitrogen and oxygen atoms in total. The molecule has 2 saturated heterocycles. The number of hydrogen-bond acceptors (Lipinski definition) is 5. The Hall–Kier alpha value is -2.86. The molecule has 202 valence electrons. The van der Waals surface area contributed by atoms with E-state index in [9.17, 15) is 9.90 Å². The molecule has 0 saturated carbocycles. The van der Waals surface area contributed by atoms with Crippen molar-refractivity contribution < 1.29 is 14.6 Å². The van der Waals surface area contributed by atoms with E-state index in [4.69, 9.17) is 15.5 Å². The van der Waals surface area contributed by atoms with E-state index in [-0.39, 0.29) is 23.5 Å². The molecule has 1 aromatic rings. The Morgan fingerprint density at radius 2 is 2.05 bits per heavy atom. The molecular formula is C31H45N3O3. The van der Waals surface area contributed by atoms with Gasteiger partial charge in [-0.1, -0.05) is 56.7 Å². The predicted molar refractivity (Wildman–Crippen MR) is 152 cm³/mol. The van der Waals surface area contributed by atoms with Crippen LogP contribution in [0.2, 0.25) is 0 Å². The molecule has 2 aliphatic heterocycles. The number of aliphatic imine (C=N–C) groups is 1. The van der Waals surface area contributed by atoms with Gasteiger partial charge in [-0.25, -0.2) is 0 Å². The van der Waals surface area contributed by atoms with Crippen LogP contribution in [0.4, 0.5) is 0 Å². The van der Waals surface area contributed by atoms with Crippen LogP contribution in [0.1, 0.15) is 72.8 Å². The van der Waals surface area contributed by atoms with Crippen LogP contribution in [-0.2, 0) is 9.53 Å². The fraction of sp³-hybridized carbons (Fsp3) is 0.548. The Kier molecular flexibility index (Phi) is 9.77. The molecule has 0 aromatic heterocycles. The quantitative estimate of drug-likeness (QED) is 0.377. The lowest BCUT2D eigenvalue weighted by Crippen LogP contribution is -2.38. The number of ether oxygens (including phenoxy) is 1. The molecule has 4 unspecified atom stereocenters. The first-order valence-corrected chi connectivity index (χ1v) is 13.7. The molecule has 2 heterocycles. The lowest BCUT2D eigenvalue weighted by Gasteiger charge is -2.26. The Labute approximate surface area is 223 Å². The van der Waals surface area contributed by atoms with Crippen LogP contribution >= 0.6 is 0 Å². The molecule has 2 fully saturated rings. The summed E-state index contributed by atoms with van der Waals surface area (Å²) in [5.74, 6) is 1.68. The third kappa shape index (κ3) is 7.13. The average molecular weight is 508 g/mol. The van der Waals surface area contributed by atoms with Gasteiger partial charge in [-0.2, -0.15) is 0 Å². The number of benzene rings is 1. The highest BCUT2D eigenvalue weighted by atomic mass is 16.5. The highest BCUT2D eigenvalue weighted by Gasteiger charge is 2.39. The molecule has 0 radical (unpaired) electrons. The second kappa shape index (κ2) is 12.6. The first-order valence-electron chi connectivity index (χ1n) is 13.7. The standard InChI is InChI=1S/C21H27N3O.C10H18O2/c1-14-8-9-17(16(3)24-11-10-15(2)13-24)19(12-14)23-21(22)18-6-4-5-7-20(18)25;1-4-8(2)9(11)10(3)6-5-7-12-10/h4-9,12,15,19,25H,10-11,13H2,1-3H3,(H2,22,23);8H,4-7H2,1-3H3/b17-16+;. The van der Waals surface area contributed by atoms with Gasteiger partial charge in [0, 0.05) is 31.3 Å². The minimum Gasteiger partial charge on any atom is -0.507 e. The van der Waals surface area contributed by atoms with Crippen molar-refractivity contribution in [2.24, 2.45) is 22.6 Å². The van der Waals surface area contributed by atoms with E-state index < -0.39 is 5.60 Å². The van der Waals surface area contributed by atoms with Crippen molar-refractivity contribution in [3.05, 3.63) is 64.9 Å². The summed E-state index contributed by atoms with van der Waals surface area (Å²) in [4.78, 5) is 18.9. The van der Waals surface area contributed by atoms with Gasteiger partial charge in [0.1, 0.15) is 17.2 Å². The predicted octanol–water partition coefficient (Wildman–Crippen LogP) is 5.77. The van der Waals surface area contributed by atoms with Gasteiger partial charge in [0.15, 0.2) is 5.78 Å². The van der Waals surface area contributed by atoms with Crippen molar-refractivity contribution >= 4 is 11.6 Å². The molecule has 0 bridgehead atoms. The van der Waals surface area contributed by atoms with Crippen LogP contribution in [0, 0.1) is 11.8 Å². The number of rotatable bonds is 6. The molecule has 6 heteroatoms. The third-order valence-electron chi connectivity index (χ3n) is 7.84. The maximum Gasteiger partial charge on any atom is 0.167 e. The minimum atomic E-state index is -0.463. The van der Waals surface area contributed by atoms with Crippen molar-refractivity contribution in [2.75, 3.05) is 19.7 Å². The van der Waals surface area contributed by atoms with Gasteiger partial charge in [0.2, 0.25) is 0 Å². The lowest BCUT2D eigenvalue weighted by molar-refractivity contribution is -0.141. The minimum absolute atomic E-state index is 0.125. The van der Waals surface area contributed by atoms with E-state index in [1.54, 1.807) is 18.2 Å². The number of phenols is 1. The second-order valence-electron chi connectivity index (χ2n) is 11.0. The van der Waals surface area contributed by atoms with E-state index >= 15 is 0 Å². The van der Waals surface area contributed by atoms with E-state index in [0.29, 0.717) is 11.4 Å². The molecule has 1 aromatic carbocycles. The van der Waals surface area contributed by atoms with Gasteiger partial charge in [-0.3, -0.25) is 9.79 Å². The Balaban J connectivity index is 0.000000266. The van der Waals surface area contributed by atoms with Crippen LogP contribution in [0.5, 0.6) is 5.75 Å². The molecule has 0 spiro atoms. The molecule has 37 heavy (non-hydrogen) atoms. The zero-order valence-corrected chi connectivity index (χ0v) is 23.5. The molecule has 0 amide bonds. The zero-order chi connectivity index (χ0) is 27.2. The Bertz CT molecular complexity index is 1080. The van der Waals surface area contributed by atoms with E-state index in [0.717, 1.165) is 44.9 Å². The number of nitrogens with two attached hydrogens (primary N) is 1. The van der Waals surface area contributed by atoms with E-state index in [1.807, 2.05) is 26.8 Å². The van der Waals surface area contributed by atoms with Crippen molar-refractivity contribution in [3.8, 4) is 5.75 Å². The molecule has 3 N–H and O–H groups in total. The molecule has 4 rings (SSSR count). The molecular weight excluding hydrogens is 462 g/mol. The summed E-state index contributed by atoms with van der Waals surface area (Å²) in [5.41, 5.74) is 9.94. The maximum absolute atomic E-state index is 11.8. The number of phenolic OH excluding ortho intramolecular Hbond substituents is 1. The number of hydrogen-bond donors (Lipinski definition) is 2. The van der Waals surface area contributed by atoms with Gasteiger partial charge < -0.3 is 20.5 Å². The number of ketones is 1. The first kappa shape index (κ1) is 28.7. The topological polar surface area (TPSA) is 88.2 Å². The number of carbonyl (C=O) groups is 1. The summed E-state index contributed by atoms with van der Waals surface area (Å²) >= 11 is 0. The number of carbonyl (C=O) groups excluding carboxylic acids is 1. The summed E-state index contributed by atoms with van der Waals surface area (Å²) in [6, 6.07) is 6.94. The number of amidine groups is 1. The van der Waals surface area contributed by atoms with E-state index in [1.165, 1.54) is 23.3 Å². The van der Waals surface area contributed by atoms with Crippen molar-refractivity contribution in [1.29, 1.82) is 0 Å². The first-order chi connectivity index (χ1) is 17.6. The van der Waals surface area contributed by atoms with Gasteiger partial charge in [0.05, 0.1) is 11.6 Å². The number of likely N-dealkylation sites (tertiary alicyclic amines) is 1. The van der Waals surface area contributed by atoms with Gasteiger partial charge in [-0.15, -0.1) is 0 Å². The Morgan fingerprint density at radius 3 is 2.65 bits per heavy atom. The Morgan fingerprint density at radius 1 is 1.32 bits per heavy atom. The van der Waals surface area contributed by atoms with Crippen LogP contribution < -0.4 is 5.73 Å². The number of nitrogens with zero attached hydrogens (tertiary/aromatic N) is 2. The smallest absolute Gasteiger partial charge is 0.167 e. The summed E-state index contributed by atoms with van der Waals surface area (Å²) in [7, 11) is 0. The van der Waals surface area contributed by atoms with Crippen LogP contribution in [0.3, 0.4) is 0 Å². The van der Waals surface area contributed by atoms with Gasteiger partial charge in [0.25, 0.3) is 0 Å². The van der Waals surface area contributed by atoms with Crippen LogP contribution in [0.15, 0.2) is 64.3 Å². The summed E-state index contributed by atoms with van der Waals surface area (Å²) < 4.78 is 5.48. The van der Waals surface area contributed by atoms with Gasteiger partial charge in [-0.05, 0) is 70.1 Å². The number of aromatic hydroxyl groups is 1. The van der Waals surface area contributed by atoms with Crippen molar-refractivity contribution in [1.82, 2.24) is 4.90 Å². The number of allylic oxidation sites excluding steroid dienone is 3. The summed E-state index contributed by atoms with van der Waals surface area (Å²) in [5, 5.41) is 10.0. The highest BCUT2D eigenvalue weighted by Crippen LogP contribution is 2.30. The number of para-hydroxylation sites is 1. The van der Waals surface area contributed by atoms with Crippen LogP contribution in [-0.4, -0.2) is 53.0 Å². The zero-order valence-electron chi connectivity index (χ0n) is 23.5.